The molecule has 1 fully saturated rings. The Morgan fingerprint density at radius 1 is 1.12 bits per heavy atom. The van der Waals surface area contributed by atoms with Crippen molar-refractivity contribution in [3.05, 3.63) is 24.4 Å². The van der Waals surface area contributed by atoms with E-state index in [-0.39, 0.29) is 5.54 Å². The van der Waals surface area contributed by atoms with Crippen molar-refractivity contribution < 1.29 is 0 Å². The monoisotopic (exact) mass is 231 g/mol. The number of aromatic nitrogens is 4. The SMILES string of the molecule is NC1(c2nnc3ccncn23)CCCCCC1. The maximum atomic E-state index is 6.54. The van der Waals surface area contributed by atoms with Crippen molar-refractivity contribution >= 4 is 5.65 Å². The molecule has 90 valence electrons. The molecule has 0 bridgehead atoms. The quantitative estimate of drug-likeness (QED) is 0.757. The minimum atomic E-state index is -0.334. The van der Waals surface area contributed by atoms with Gasteiger partial charge in [0, 0.05) is 12.3 Å². The second-order valence-electron chi connectivity index (χ2n) is 4.90. The second-order valence-corrected chi connectivity index (χ2v) is 4.90. The highest BCUT2D eigenvalue weighted by Gasteiger charge is 2.32. The van der Waals surface area contributed by atoms with Gasteiger partial charge in [-0.2, -0.15) is 0 Å². The Morgan fingerprint density at radius 3 is 2.65 bits per heavy atom. The van der Waals surface area contributed by atoms with Crippen LogP contribution in [0.5, 0.6) is 0 Å². The molecular formula is C12H17N5. The lowest BCUT2D eigenvalue weighted by Crippen LogP contribution is -2.38. The van der Waals surface area contributed by atoms with E-state index < -0.39 is 0 Å². The number of fused-ring (bicyclic) bond motifs is 1. The van der Waals surface area contributed by atoms with E-state index in [1.807, 2.05) is 10.5 Å². The molecule has 2 aromatic heterocycles. The number of hydrogen-bond acceptors (Lipinski definition) is 4. The third-order valence-electron chi connectivity index (χ3n) is 3.66. The molecule has 3 rings (SSSR count). The van der Waals surface area contributed by atoms with Crippen LogP contribution in [-0.2, 0) is 5.54 Å². The summed E-state index contributed by atoms with van der Waals surface area (Å²) >= 11 is 0. The van der Waals surface area contributed by atoms with Gasteiger partial charge < -0.3 is 5.73 Å². The smallest absolute Gasteiger partial charge is 0.163 e. The molecule has 0 radical (unpaired) electrons. The third-order valence-corrected chi connectivity index (χ3v) is 3.66. The van der Waals surface area contributed by atoms with Gasteiger partial charge in [-0.05, 0) is 12.8 Å². The highest BCUT2D eigenvalue weighted by atomic mass is 15.3. The maximum Gasteiger partial charge on any atom is 0.163 e. The van der Waals surface area contributed by atoms with Crippen molar-refractivity contribution in [2.45, 2.75) is 44.1 Å². The van der Waals surface area contributed by atoms with Crippen LogP contribution in [0.25, 0.3) is 5.65 Å². The Labute approximate surface area is 100 Å². The van der Waals surface area contributed by atoms with E-state index in [9.17, 15) is 0 Å². The molecule has 1 saturated carbocycles. The van der Waals surface area contributed by atoms with E-state index in [1.54, 1.807) is 12.5 Å². The van der Waals surface area contributed by atoms with Gasteiger partial charge in [0.25, 0.3) is 0 Å². The Morgan fingerprint density at radius 2 is 1.88 bits per heavy atom. The van der Waals surface area contributed by atoms with Crippen molar-refractivity contribution in [3.8, 4) is 0 Å². The van der Waals surface area contributed by atoms with Gasteiger partial charge in [-0.25, -0.2) is 4.98 Å². The standard InChI is InChI=1S/C12H17N5/c13-12(6-3-1-2-4-7-12)11-16-15-10-5-8-14-9-17(10)11/h5,8-9H,1-4,6-7,13H2. The first-order chi connectivity index (χ1) is 8.30. The van der Waals surface area contributed by atoms with Crippen molar-refractivity contribution in [2.75, 3.05) is 0 Å². The lowest BCUT2D eigenvalue weighted by atomic mass is 9.90. The number of nitrogens with zero attached hydrogens (tertiary/aromatic N) is 4. The molecule has 0 atom stereocenters. The number of hydrogen-bond donors (Lipinski definition) is 1. The van der Waals surface area contributed by atoms with Gasteiger partial charge in [-0.3, -0.25) is 4.40 Å². The molecule has 0 aliphatic heterocycles. The van der Waals surface area contributed by atoms with Crippen LogP contribution in [0.4, 0.5) is 0 Å². The van der Waals surface area contributed by atoms with Gasteiger partial charge in [0.05, 0.1) is 5.54 Å². The van der Waals surface area contributed by atoms with E-state index in [1.165, 1.54) is 25.7 Å². The van der Waals surface area contributed by atoms with Crippen LogP contribution in [-0.4, -0.2) is 19.6 Å². The Kier molecular flexibility index (Phi) is 2.55. The van der Waals surface area contributed by atoms with Crippen molar-refractivity contribution in [1.82, 2.24) is 19.6 Å². The van der Waals surface area contributed by atoms with Gasteiger partial charge in [0.15, 0.2) is 11.5 Å². The highest BCUT2D eigenvalue weighted by Crippen LogP contribution is 2.32. The van der Waals surface area contributed by atoms with E-state index in [4.69, 9.17) is 5.73 Å². The molecule has 0 unspecified atom stereocenters. The Balaban J connectivity index is 2.07. The molecule has 0 saturated heterocycles. The van der Waals surface area contributed by atoms with Gasteiger partial charge in [-0.1, -0.05) is 25.7 Å². The van der Waals surface area contributed by atoms with E-state index in [0.29, 0.717) is 0 Å². The average molecular weight is 231 g/mol. The molecular weight excluding hydrogens is 214 g/mol. The lowest BCUT2D eigenvalue weighted by molar-refractivity contribution is 0.359. The molecule has 0 amide bonds. The van der Waals surface area contributed by atoms with Crippen LogP contribution >= 0.6 is 0 Å². The fourth-order valence-corrected chi connectivity index (χ4v) is 2.67. The third kappa shape index (κ3) is 1.80. The molecule has 2 aromatic rings. The molecule has 5 heteroatoms. The van der Waals surface area contributed by atoms with Crippen molar-refractivity contribution in [2.24, 2.45) is 5.73 Å². The summed E-state index contributed by atoms with van der Waals surface area (Å²) in [5.74, 6) is 0.863. The molecule has 2 N–H and O–H groups in total. The van der Waals surface area contributed by atoms with Gasteiger partial charge in [0.1, 0.15) is 6.33 Å². The summed E-state index contributed by atoms with van der Waals surface area (Å²) in [5, 5.41) is 8.44. The summed E-state index contributed by atoms with van der Waals surface area (Å²) in [6, 6.07) is 1.86. The molecule has 0 aromatic carbocycles. The summed E-state index contributed by atoms with van der Waals surface area (Å²) in [4.78, 5) is 4.12. The first kappa shape index (κ1) is 10.7. The van der Waals surface area contributed by atoms with Crippen LogP contribution in [0.1, 0.15) is 44.3 Å². The zero-order valence-electron chi connectivity index (χ0n) is 9.84. The first-order valence-corrected chi connectivity index (χ1v) is 6.24. The van der Waals surface area contributed by atoms with Crippen LogP contribution in [0.15, 0.2) is 18.6 Å². The fourth-order valence-electron chi connectivity index (χ4n) is 2.67. The zero-order valence-corrected chi connectivity index (χ0v) is 9.84. The number of rotatable bonds is 1. The van der Waals surface area contributed by atoms with E-state index >= 15 is 0 Å². The summed E-state index contributed by atoms with van der Waals surface area (Å²) in [6.07, 6.45) is 10.3. The molecule has 0 spiro atoms. The van der Waals surface area contributed by atoms with Crippen molar-refractivity contribution in [1.29, 1.82) is 0 Å². The summed E-state index contributed by atoms with van der Waals surface area (Å²) in [5.41, 5.74) is 7.03. The lowest BCUT2D eigenvalue weighted by Gasteiger charge is -2.25. The zero-order chi connectivity index (χ0) is 11.7. The number of nitrogens with two attached hydrogens (primary N) is 1. The Bertz CT molecular complexity index is 510. The Hall–Kier alpha value is -1.49. The van der Waals surface area contributed by atoms with Crippen LogP contribution in [0.2, 0.25) is 0 Å². The van der Waals surface area contributed by atoms with Crippen LogP contribution in [0, 0.1) is 0 Å². The van der Waals surface area contributed by atoms with Crippen molar-refractivity contribution in [3.63, 3.8) is 0 Å². The molecule has 2 heterocycles. The van der Waals surface area contributed by atoms with E-state index in [0.717, 1.165) is 24.3 Å². The normalized spacial score (nSPS) is 20.3. The van der Waals surface area contributed by atoms with Gasteiger partial charge >= 0.3 is 0 Å². The highest BCUT2D eigenvalue weighted by molar-refractivity contribution is 5.36. The summed E-state index contributed by atoms with van der Waals surface area (Å²) in [7, 11) is 0. The van der Waals surface area contributed by atoms with E-state index in [2.05, 4.69) is 15.2 Å². The maximum absolute atomic E-state index is 6.54. The fraction of sp³-hybridized carbons (Fsp3) is 0.583. The average Bonchev–Trinajstić information content (AvgIpc) is 2.67. The molecule has 1 aliphatic carbocycles. The largest absolute Gasteiger partial charge is 0.319 e. The first-order valence-electron chi connectivity index (χ1n) is 6.24. The predicted octanol–water partition coefficient (Wildman–Crippen LogP) is 1.63. The predicted molar refractivity (Wildman–Crippen MR) is 64.3 cm³/mol. The molecule has 17 heavy (non-hydrogen) atoms. The topological polar surface area (TPSA) is 69.1 Å². The minimum absolute atomic E-state index is 0.334. The summed E-state index contributed by atoms with van der Waals surface area (Å²) in [6.45, 7) is 0. The minimum Gasteiger partial charge on any atom is -0.319 e. The second kappa shape index (κ2) is 4.07. The van der Waals surface area contributed by atoms with Gasteiger partial charge in [-0.15, -0.1) is 10.2 Å². The van der Waals surface area contributed by atoms with Crippen LogP contribution in [0.3, 0.4) is 0 Å². The van der Waals surface area contributed by atoms with Gasteiger partial charge in [0.2, 0.25) is 0 Å². The van der Waals surface area contributed by atoms with Crippen LogP contribution < -0.4 is 5.73 Å². The molecule has 1 aliphatic rings. The molecule has 5 nitrogen and oxygen atoms in total. The summed E-state index contributed by atoms with van der Waals surface area (Å²) < 4.78 is 1.92.